The average molecular weight is 306 g/mol. The van der Waals surface area contributed by atoms with E-state index in [1.165, 1.54) is 0 Å². The van der Waals surface area contributed by atoms with Crippen molar-refractivity contribution >= 4 is 11.9 Å². The van der Waals surface area contributed by atoms with Crippen molar-refractivity contribution in [3.8, 4) is 0 Å². The van der Waals surface area contributed by atoms with Crippen LogP contribution >= 0.6 is 0 Å². The molecule has 0 aromatic rings. The first kappa shape index (κ1) is 15.3. The number of aliphatic carboxylic acids is 2. The van der Waals surface area contributed by atoms with Crippen LogP contribution in [-0.2, 0) is 14.3 Å². The van der Waals surface area contributed by atoms with Crippen molar-refractivity contribution in [3.63, 3.8) is 0 Å². The summed E-state index contributed by atoms with van der Waals surface area (Å²) in [5.41, 5.74) is 0.337. The van der Waals surface area contributed by atoms with Crippen LogP contribution in [0.5, 0.6) is 0 Å². The van der Waals surface area contributed by atoms with E-state index in [2.05, 4.69) is 0 Å². The van der Waals surface area contributed by atoms with Gasteiger partial charge in [-0.25, -0.2) is 9.59 Å². The lowest BCUT2D eigenvalue weighted by atomic mass is 9.63. The molecule has 1 saturated heterocycles. The normalized spacial score (nSPS) is 35.4. The molecule has 2 N–H and O–H groups in total. The lowest BCUT2D eigenvalue weighted by molar-refractivity contribution is -0.133. The van der Waals surface area contributed by atoms with Gasteiger partial charge in [0, 0.05) is 16.6 Å². The Morgan fingerprint density at radius 1 is 1.05 bits per heavy atom. The van der Waals surface area contributed by atoms with Gasteiger partial charge < -0.3 is 14.9 Å². The molecule has 2 aliphatic carbocycles. The van der Waals surface area contributed by atoms with Crippen LogP contribution in [0.4, 0.5) is 0 Å². The molecule has 120 valence electrons. The van der Waals surface area contributed by atoms with Crippen molar-refractivity contribution in [2.45, 2.75) is 63.6 Å². The fourth-order valence-electron chi connectivity index (χ4n) is 4.11. The third-order valence-electron chi connectivity index (χ3n) is 5.70. The fourth-order valence-corrected chi connectivity index (χ4v) is 4.11. The second-order valence-electron chi connectivity index (χ2n) is 6.94. The standard InChI is InChI=1S/C17H22O5/c1-11(13(18)19)4-3-5-16-8-9-17(16,22-16)15(6-7-15)10-12(2)14(20)21/h4,10H,3,5-9H2,1-2H3,(H,18,19)(H,20,21). The van der Waals surface area contributed by atoms with Crippen molar-refractivity contribution in [2.75, 3.05) is 0 Å². The molecular formula is C17H22O5. The van der Waals surface area contributed by atoms with E-state index >= 15 is 0 Å². The number of hydrogen-bond donors (Lipinski definition) is 2. The SMILES string of the molecule is CC(=CCCC12CCC1(C1(C=C(C)C(=O)O)CC1)O2)C(=O)O. The Kier molecular flexibility index (Phi) is 3.25. The first-order chi connectivity index (χ1) is 10.3. The highest BCUT2D eigenvalue weighted by Crippen LogP contribution is 2.79. The van der Waals surface area contributed by atoms with Crippen LogP contribution < -0.4 is 0 Å². The topological polar surface area (TPSA) is 87.1 Å². The average Bonchev–Trinajstić information content (AvgIpc) is 3.30. The molecule has 0 aromatic heterocycles. The van der Waals surface area contributed by atoms with E-state index in [0.717, 1.165) is 32.1 Å². The molecule has 2 unspecified atom stereocenters. The number of ether oxygens (including phenoxy) is 1. The van der Waals surface area contributed by atoms with Crippen LogP contribution in [-0.4, -0.2) is 33.4 Å². The summed E-state index contributed by atoms with van der Waals surface area (Å²) in [5, 5.41) is 18.0. The second-order valence-corrected chi connectivity index (χ2v) is 6.94. The Bertz CT molecular complexity index is 598. The van der Waals surface area contributed by atoms with Crippen LogP contribution in [0.25, 0.3) is 0 Å². The molecule has 2 atom stereocenters. The summed E-state index contributed by atoms with van der Waals surface area (Å²) < 4.78 is 6.14. The molecule has 1 aliphatic heterocycles. The van der Waals surface area contributed by atoms with Gasteiger partial charge in [-0.05, 0) is 52.4 Å². The Morgan fingerprint density at radius 2 is 1.68 bits per heavy atom. The zero-order valence-electron chi connectivity index (χ0n) is 13.0. The maximum absolute atomic E-state index is 11.1. The van der Waals surface area contributed by atoms with Gasteiger partial charge in [-0.3, -0.25) is 0 Å². The molecule has 3 aliphatic rings. The van der Waals surface area contributed by atoms with E-state index in [0.29, 0.717) is 17.6 Å². The highest BCUT2D eigenvalue weighted by molar-refractivity contribution is 5.86. The number of carboxylic acids is 2. The minimum atomic E-state index is -0.882. The Morgan fingerprint density at radius 3 is 2.14 bits per heavy atom. The van der Waals surface area contributed by atoms with Gasteiger partial charge in [0.15, 0.2) is 0 Å². The molecule has 5 nitrogen and oxygen atoms in total. The number of epoxide rings is 1. The number of hydrogen-bond acceptors (Lipinski definition) is 3. The quantitative estimate of drug-likeness (QED) is 0.558. The molecule has 0 radical (unpaired) electrons. The van der Waals surface area contributed by atoms with Crippen molar-refractivity contribution in [1.82, 2.24) is 0 Å². The molecule has 1 heterocycles. The van der Waals surface area contributed by atoms with Crippen LogP contribution in [0.15, 0.2) is 23.3 Å². The molecule has 0 amide bonds. The van der Waals surface area contributed by atoms with Gasteiger partial charge in [-0.15, -0.1) is 0 Å². The predicted molar refractivity (Wildman–Crippen MR) is 79.5 cm³/mol. The highest BCUT2D eigenvalue weighted by Gasteiger charge is 2.85. The zero-order valence-corrected chi connectivity index (χ0v) is 13.0. The van der Waals surface area contributed by atoms with Crippen LogP contribution in [0.3, 0.4) is 0 Å². The van der Waals surface area contributed by atoms with Crippen LogP contribution in [0.1, 0.15) is 52.4 Å². The largest absolute Gasteiger partial charge is 0.478 e. The van der Waals surface area contributed by atoms with E-state index < -0.39 is 11.9 Å². The molecule has 3 rings (SSSR count). The predicted octanol–water partition coefficient (Wildman–Crippen LogP) is 2.91. The molecule has 0 bridgehead atoms. The third-order valence-corrected chi connectivity index (χ3v) is 5.70. The summed E-state index contributed by atoms with van der Waals surface area (Å²) in [6, 6.07) is 0. The lowest BCUT2D eigenvalue weighted by Gasteiger charge is -2.34. The second kappa shape index (κ2) is 4.69. The van der Waals surface area contributed by atoms with E-state index in [1.807, 2.05) is 6.08 Å². The molecule has 2 saturated carbocycles. The third kappa shape index (κ3) is 2.02. The summed E-state index contributed by atoms with van der Waals surface area (Å²) in [7, 11) is 0. The number of carboxylic acid groups (broad SMARTS) is 2. The maximum Gasteiger partial charge on any atom is 0.330 e. The summed E-state index contributed by atoms with van der Waals surface area (Å²) in [4.78, 5) is 21.9. The van der Waals surface area contributed by atoms with Crippen LogP contribution in [0, 0.1) is 5.41 Å². The molecule has 3 fully saturated rings. The van der Waals surface area contributed by atoms with Gasteiger partial charge in [-0.2, -0.15) is 0 Å². The highest BCUT2D eigenvalue weighted by atomic mass is 16.6. The van der Waals surface area contributed by atoms with Gasteiger partial charge in [0.25, 0.3) is 0 Å². The summed E-state index contributed by atoms with van der Waals surface area (Å²) >= 11 is 0. The Labute approximate surface area is 129 Å². The number of fused-ring (bicyclic) bond motifs is 1. The summed E-state index contributed by atoms with van der Waals surface area (Å²) in [6.45, 7) is 3.24. The van der Waals surface area contributed by atoms with Crippen molar-refractivity contribution < 1.29 is 24.5 Å². The van der Waals surface area contributed by atoms with Gasteiger partial charge in [0.05, 0.1) is 5.60 Å². The van der Waals surface area contributed by atoms with Crippen molar-refractivity contribution in [3.05, 3.63) is 23.3 Å². The monoisotopic (exact) mass is 306 g/mol. The number of carbonyl (C=O) groups is 2. The maximum atomic E-state index is 11.1. The van der Waals surface area contributed by atoms with E-state index in [1.54, 1.807) is 19.9 Å². The molecule has 0 aromatic carbocycles. The fraction of sp³-hybridized carbons (Fsp3) is 0.647. The van der Waals surface area contributed by atoms with Gasteiger partial charge >= 0.3 is 11.9 Å². The van der Waals surface area contributed by atoms with Crippen molar-refractivity contribution in [1.29, 1.82) is 0 Å². The first-order valence-corrected chi connectivity index (χ1v) is 7.81. The summed E-state index contributed by atoms with van der Waals surface area (Å²) in [6.07, 6.45) is 9.12. The van der Waals surface area contributed by atoms with Crippen LogP contribution in [0.2, 0.25) is 0 Å². The molecule has 22 heavy (non-hydrogen) atoms. The number of allylic oxidation sites excluding steroid dienone is 1. The van der Waals surface area contributed by atoms with Gasteiger partial charge in [0.1, 0.15) is 5.60 Å². The van der Waals surface area contributed by atoms with E-state index in [4.69, 9.17) is 14.9 Å². The van der Waals surface area contributed by atoms with E-state index in [9.17, 15) is 9.59 Å². The number of rotatable bonds is 7. The van der Waals surface area contributed by atoms with Gasteiger partial charge in [0.2, 0.25) is 0 Å². The minimum Gasteiger partial charge on any atom is -0.478 e. The van der Waals surface area contributed by atoms with Crippen molar-refractivity contribution in [2.24, 2.45) is 5.41 Å². The Balaban J connectivity index is 1.68. The molecular weight excluding hydrogens is 284 g/mol. The first-order valence-electron chi connectivity index (χ1n) is 7.81. The Hall–Kier alpha value is -1.62. The molecule has 0 spiro atoms. The lowest BCUT2D eigenvalue weighted by Crippen LogP contribution is -2.43. The smallest absolute Gasteiger partial charge is 0.330 e. The minimum absolute atomic E-state index is 0.0979. The molecule has 5 heteroatoms. The van der Waals surface area contributed by atoms with E-state index in [-0.39, 0.29) is 16.6 Å². The summed E-state index contributed by atoms with van der Waals surface area (Å²) in [5.74, 6) is -1.75. The van der Waals surface area contributed by atoms with Gasteiger partial charge in [-0.1, -0.05) is 12.2 Å². The zero-order chi connectivity index (χ0) is 16.2.